The molecule has 2 aromatic carbocycles. The molecule has 26 heavy (non-hydrogen) atoms. The minimum atomic E-state index is 0.611. The van der Waals surface area contributed by atoms with E-state index >= 15 is 0 Å². The summed E-state index contributed by atoms with van der Waals surface area (Å²) in [6, 6.07) is 15.0. The van der Waals surface area contributed by atoms with Crippen molar-refractivity contribution >= 4 is 27.8 Å². The van der Waals surface area contributed by atoms with Crippen molar-refractivity contribution in [3.63, 3.8) is 0 Å². The molecule has 0 unspecified atom stereocenters. The van der Waals surface area contributed by atoms with Gasteiger partial charge in [-0.25, -0.2) is 4.68 Å². The Morgan fingerprint density at radius 3 is 2.69 bits per heavy atom. The first-order chi connectivity index (χ1) is 12.9. The van der Waals surface area contributed by atoms with E-state index in [0.717, 1.165) is 23.3 Å². The monoisotopic (exact) mass is 361 g/mol. The Balaban J connectivity index is 1.91. The summed E-state index contributed by atoms with van der Waals surface area (Å²) in [6.45, 7) is 4.40. The van der Waals surface area contributed by atoms with Crippen LogP contribution in [0, 0.1) is 0 Å². The number of thiazole rings is 1. The van der Waals surface area contributed by atoms with Gasteiger partial charge in [-0.3, -0.25) is 4.99 Å². The fourth-order valence-electron chi connectivity index (χ4n) is 3.48. The Labute approximate surface area is 158 Å². The quantitative estimate of drug-likeness (QED) is 0.540. The molecule has 3 aromatic rings. The minimum absolute atomic E-state index is 0.611. The largest absolute Gasteiger partial charge is 0.253 e. The zero-order valence-corrected chi connectivity index (χ0v) is 15.7. The maximum atomic E-state index is 5.03. The molecule has 1 aliphatic carbocycles. The average molecular weight is 362 g/mol. The van der Waals surface area contributed by atoms with Crippen molar-refractivity contribution in [2.24, 2.45) is 10.1 Å². The molecule has 0 aliphatic heterocycles. The molecule has 132 valence electrons. The maximum absolute atomic E-state index is 5.03. The number of benzene rings is 2. The van der Waals surface area contributed by atoms with Crippen LogP contribution in [0.2, 0.25) is 0 Å². The third-order valence-corrected chi connectivity index (χ3v) is 5.63. The van der Waals surface area contributed by atoms with Gasteiger partial charge in [0, 0.05) is 16.7 Å². The van der Waals surface area contributed by atoms with E-state index in [4.69, 9.17) is 5.10 Å². The predicted octanol–water partition coefficient (Wildman–Crippen LogP) is 5.62. The lowest BCUT2D eigenvalue weighted by atomic mass is 9.99. The molecule has 0 spiro atoms. The van der Waals surface area contributed by atoms with E-state index in [0.29, 0.717) is 6.54 Å². The molecule has 0 atom stereocenters. The Morgan fingerprint density at radius 2 is 1.85 bits per heavy atom. The molecule has 4 rings (SSSR count). The van der Waals surface area contributed by atoms with Gasteiger partial charge in [0.15, 0.2) is 0 Å². The fourth-order valence-corrected chi connectivity index (χ4v) is 4.31. The zero-order valence-electron chi connectivity index (χ0n) is 14.9. The summed E-state index contributed by atoms with van der Waals surface area (Å²) in [7, 11) is 0. The van der Waals surface area contributed by atoms with E-state index in [1.165, 1.54) is 41.3 Å². The minimum Gasteiger partial charge on any atom is -0.253 e. The van der Waals surface area contributed by atoms with E-state index in [1.54, 1.807) is 11.3 Å². The van der Waals surface area contributed by atoms with Crippen LogP contribution in [-0.4, -0.2) is 16.9 Å². The molecule has 0 N–H and O–H groups in total. The summed E-state index contributed by atoms with van der Waals surface area (Å²) in [5, 5.41) is 9.71. The van der Waals surface area contributed by atoms with E-state index in [9.17, 15) is 0 Å². The standard InChI is InChI=1S/C22H23N3S/c1-2-15-23-22-25(24-18-11-4-3-5-12-18)21(16-26-22)20-14-8-10-17-9-6-7-13-19(17)20/h2,6-10,13-14,16H,1,3-5,11-12,15H2. The van der Waals surface area contributed by atoms with Crippen molar-refractivity contribution in [2.75, 3.05) is 6.54 Å². The second-order valence-corrected chi connectivity index (χ2v) is 7.43. The summed E-state index contributed by atoms with van der Waals surface area (Å²) in [5.74, 6) is 0. The topological polar surface area (TPSA) is 29.6 Å². The van der Waals surface area contributed by atoms with Crippen LogP contribution in [0.4, 0.5) is 0 Å². The highest BCUT2D eigenvalue weighted by Crippen LogP contribution is 2.29. The Kier molecular flexibility index (Phi) is 5.12. The first-order valence-electron chi connectivity index (χ1n) is 9.23. The third-order valence-electron chi connectivity index (χ3n) is 4.78. The van der Waals surface area contributed by atoms with Gasteiger partial charge in [-0.15, -0.1) is 17.9 Å². The summed E-state index contributed by atoms with van der Waals surface area (Å²) >= 11 is 1.65. The van der Waals surface area contributed by atoms with Gasteiger partial charge in [-0.1, -0.05) is 55.0 Å². The Morgan fingerprint density at radius 1 is 1.04 bits per heavy atom. The van der Waals surface area contributed by atoms with Gasteiger partial charge >= 0.3 is 0 Å². The highest BCUT2D eigenvalue weighted by atomic mass is 32.1. The van der Waals surface area contributed by atoms with E-state index in [-0.39, 0.29) is 0 Å². The lowest BCUT2D eigenvalue weighted by molar-refractivity contribution is 0.655. The van der Waals surface area contributed by atoms with E-state index in [2.05, 4.69) is 64.1 Å². The number of fused-ring (bicyclic) bond motifs is 1. The molecular weight excluding hydrogens is 338 g/mol. The van der Waals surface area contributed by atoms with Crippen LogP contribution in [0.15, 0.2) is 70.6 Å². The SMILES string of the molecule is C=CCN=c1scc(-c2cccc3ccccc23)n1N=C1CCCCC1. The fraction of sp³-hybridized carbons (Fsp3) is 0.273. The summed E-state index contributed by atoms with van der Waals surface area (Å²) in [6.07, 6.45) is 7.82. The lowest BCUT2D eigenvalue weighted by Crippen LogP contribution is -2.16. The van der Waals surface area contributed by atoms with Gasteiger partial charge in [0.05, 0.1) is 12.2 Å². The van der Waals surface area contributed by atoms with Crippen LogP contribution in [0.1, 0.15) is 32.1 Å². The van der Waals surface area contributed by atoms with Crippen molar-refractivity contribution in [3.8, 4) is 11.3 Å². The summed E-state index contributed by atoms with van der Waals surface area (Å²) in [4.78, 5) is 5.61. The van der Waals surface area contributed by atoms with Crippen molar-refractivity contribution in [1.82, 2.24) is 4.68 Å². The molecule has 3 nitrogen and oxygen atoms in total. The molecule has 1 saturated carbocycles. The molecular formula is C22H23N3S. The molecule has 0 amide bonds. The molecule has 1 heterocycles. The molecule has 0 saturated heterocycles. The normalized spacial score (nSPS) is 15.4. The van der Waals surface area contributed by atoms with Crippen LogP contribution in [0.5, 0.6) is 0 Å². The third kappa shape index (κ3) is 3.42. The van der Waals surface area contributed by atoms with Crippen molar-refractivity contribution < 1.29 is 0 Å². The lowest BCUT2D eigenvalue weighted by Gasteiger charge is -2.14. The number of hydrogen-bond acceptors (Lipinski definition) is 3. The van der Waals surface area contributed by atoms with Gasteiger partial charge in [0.2, 0.25) is 4.80 Å². The maximum Gasteiger partial charge on any atom is 0.206 e. The summed E-state index contributed by atoms with van der Waals surface area (Å²) in [5.41, 5.74) is 3.61. The highest BCUT2D eigenvalue weighted by Gasteiger charge is 2.13. The van der Waals surface area contributed by atoms with E-state index in [1.807, 2.05) is 6.08 Å². The first-order valence-corrected chi connectivity index (χ1v) is 10.1. The Bertz CT molecular complexity index is 1010. The van der Waals surface area contributed by atoms with Crippen LogP contribution >= 0.6 is 11.3 Å². The van der Waals surface area contributed by atoms with Crippen LogP contribution in [0.25, 0.3) is 22.0 Å². The average Bonchev–Trinajstić information content (AvgIpc) is 3.09. The van der Waals surface area contributed by atoms with Gasteiger partial charge < -0.3 is 0 Å². The van der Waals surface area contributed by atoms with Crippen LogP contribution < -0.4 is 4.80 Å². The molecule has 1 aliphatic rings. The highest BCUT2D eigenvalue weighted by molar-refractivity contribution is 7.07. The number of rotatable bonds is 4. The van der Waals surface area contributed by atoms with Gasteiger partial charge in [0.1, 0.15) is 0 Å². The molecule has 1 aromatic heterocycles. The Hall–Kier alpha value is -2.46. The molecule has 1 fully saturated rings. The number of hydrogen-bond donors (Lipinski definition) is 0. The van der Waals surface area contributed by atoms with Gasteiger partial charge in [-0.2, -0.15) is 5.10 Å². The van der Waals surface area contributed by atoms with Gasteiger partial charge in [0.25, 0.3) is 0 Å². The van der Waals surface area contributed by atoms with Crippen molar-refractivity contribution in [2.45, 2.75) is 32.1 Å². The second kappa shape index (κ2) is 7.83. The zero-order chi connectivity index (χ0) is 17.8. The van der Waals surface area contributed by atoms with Gasteiger partial charge in [-0.05, 0) is 36.5 Å². The number of aromatic nitrogens is 1. The number of nitrogens with zero attached hydrogens (tertiary/aromatic N) is 3. The van der Waals surface area contributed by atoms with Crippen LogP contribution in [0.3, 0.4) is 0 Å². The van der Waals surface area contributed by atoms with Crippen LogP contribution in [-0.2, 0) is 0 Å². The first kappa shape index (κ1) is 17.0. The van der Waals surface area contributed by atoms with E-state index < -0.39 is 0 Å². The predicted molar refractivity (Wildman–Crippen MR) is 112 cm³/mol. The van der Waals surface area contributed by atoms with Crippen molar-refractivity contribution in [1.29, 1.82) is 0 Å². The summed E-state index contributed by atoms with van der Waals surface area (Å²) < 4.78 is 2.05. The molecule has 0 radical (unpaired) electrons. The molecule has 0 bridgehead atoms. The second-order valence-electron chi connectivity index (χ2n) is 6.60. The molecule has 4 heteroatoms. The van der Waals surface area contributed by atoms with Crippen molar-refractivity contribution in [3.05, 3.63) is 65.3 Å². The smallest absolute Gasteiger partial charge is 0.206 e.